The summed E-state index contributed by atoms with van der Waals surface area (Å²) in [7, 11) is 0. The number of allylic oxidation sites excluding steroid dienone is 7. The molecule has 1 aromatic carbocycles. The number of unbranched alkanes of at least 4 members (excludes halogenated alkanes) is 1. The van der Waals surface area contributed by atoms with Gasteiger partial charge in [0.05, 0.1) is 5.56 Å². The van der Waals surface area contributed by atoms with Crippen molar-refractivity contribution >= 4 is 18.1 Å². The summed E-state index contributed by atoms with van der Waals surface area (Å²) in [6.07, 6.45) is 15.5. The number of ketones is 1. The highest BCUT2D eigenvalue weighted by Crippen LogP contribution is 2.39. The Bertz CT molecular complexity index is 985. The Labute approximate surface area is 189 Å². The van der Waals surface area contributed by atoms with Gasteiger partial charge in [0.15, 0.2) is 5.78 Å². The van der Waals surface area contributed by atoms with E-state index >= 15 is 0 Å². The number of phenols is 1. The monoisotopic (exact) mass is 433 g/mol. The summed E-state index contributed by atoms with van der Waals surface area (Å²) < 4.78 is 0. The van der Waals surface area contributed by atoms with Gasteiger partial charge in [-0.15, -0.1) is 0 Å². The summed E-state index contributed by atoms with van der Waals surface area (Å²) >= 11 is 0. The lowest BCUT2D eigenvalue weighted by Crippen LogP contribution is -2.39. The number of rotatable bonds is 10. The Morgan fingerprint density at radius 3 is 2.34 bits per heavy atom. The number of carbonyl (C=O) groups is 3. The molecule has 3 atom stereocenters. The fourth-order valence-corrected chi connectivity index (χ4v) is 4.40. The normalized spacial score (nSPS) is 20.1. The molecule has 0 aromatic heterocycles. The summed E-state index contributed by atoms with van der Waals surface area (Å²) in [6, 6.07) is 6.46. The fraction of sp³-hybridized carbons (Fsp3) is 0.370. The van der Waals surface area contributed by atoms with E-state index in [0.717, 1.165) is 25.7 Å². The number of hydrogen-bond acceptors (Lipinski definition) is 4. The minimum Gasteiger partial charge on any atom is -0.507 e. The number of benzene rings is 1. The number of nitrogens with zero attached hydrogens (tertiary/aromatic N) is 1. The van der Waals surface area contributed by atoms with E-state index in [0.29, 0.717) is 24.1 Å². The van der Waals surface area contributed by atoms with Crippen LogP contribution in [0.5, 0.6) is 5.75 Å². The highest BCUT2D eigenvalue weighted by Gasteiger charge is 2.36. The van der Waals surface area contributed by atoms with Gasteiger partial charge in [-0.25, -0.2) is 0 Å². The summed E-state index contributed by atoms with van der Waals surface area (Å²) in [5.74, 6) is -1.03. The third-order valence-corrected chi connectivity index (χ3v) is 6.34. The largest absolute Gasteiger partial charge is 0.507 e. The van der Waals surface area contributed by atoms with Gasteiger partial charge in [0.1, 0.15) is 5.75 Å². The first-order valence-electron chi connectivity index (χ1n) is 11.4. The first kappa shape index (κ1) is 23.5. The number of fused-ring (bicyclic) bond motifs is 1. The SMILES string of the molecule is CCCCC(CC)CN(C=O)C(=O)C1=CC=C(C(=O)c2ccccc2O)C2C=CC=CC12. The van der Waals surface area contributed by atoms with E-state index in [2.05, 4.69) is 13.8 Å². The van der Waals surface area contributed by atoms with E-state index in [9.17, 15) is 19.5 Å². The van der Waals surface area contributed by atoms with Gasteiger partial charge in [-0.1, -0.05) is 81.7 Å². The Morgan fingerprint density at radius 2 is 1.72 bits per heavy atom. The highest BCUT2D eigenvalue weighted by atomic mass is 16.3. The third-order valence-electron chi connectivity index (χ3n) is 6.34. The molecule has 5 heteroatoms. The minimum absolute atomic E-state index is 0.0686. The van der Waals surface area contributed by atoms with Crippen LogP contribution in [0.3, 0.4) is 0 Å². The van der Waals surface area contributed by atoms with Crippen LogP contribution >= 0.6 is 0 Å². The molecule has 3 rings (SSSR count). The van der Waals surface area contributed by atoms with Gasteiger partial charge in [0.2, 0.25) is 6.41 Å². The van der Waals surface area contributed by atoms with Crippen molar-refractivity contribution in [1.29, 1.82) is 0 Å². The molecule has 1 N–H and O–H groups in total. The van der Waals surface area contributed by atoms with E-state index in [-0.39, 0.29) is 40.8 Å². The average Bonchev–Trinajstić information content (AvgIpc) is 2.83. The first-order chi connectivity index (χ1) is 15.5. The van der Waals surface area contributed by atoms with E-state index in [4.69, 9.17) is 0 Å². The molecule has 3 unspecified atom stereocenters. The molecule has 168 valence electrons. The Kier molecular flexibility index (Phi) is 7.98. The quantitative estimate of drug-likeness (QED) is 0.416. The summed E-state index contributed by atoms with van der Waals surface area (Å²) in [5.41, 5.74) is 1.25. The van der Waals surface area contributed by atoms with E-state index in [1.165, 1.54) is 11.0 Å². The van der Waals surface area contributed by atoms with Crippen LogP contribution in [-0.4, -0.2) is 34.7 Å². The standard InChI is InChI=1S/C27H31NO4/c1-3-5-10-19(4-2)17-28(18-29)27(32)23-16-15-22(20-11-6-7-12-21(20)23)26(31)24-13-8-9-14-25(24)30/h6-9,11-16,18-21,30H,3-5,10,17H2,1-2H3. The second-order valence-corrected chi connectivity index (χ2v) is 8.39. The number of Topliss-reactive ketones (excluding diaryl/α,β-unsaturated/α-hetero) is 1. The predicted molar refractivity (Wildman–Crippen MR) is 125 cm³/mol. The molecule has 0 heterocycles. The molecule has 0 fully saturated rings. The number of para-hydroxylation sites is 1. The molecule has 0 radical (unpaired) electrons. The zero-order valence-corrected chi connectivity index (χ0v) is 18.7. The van der Waals surface area contributed by atoms with Crippen molar-refractivity contribution in [1.82, 2.24) is 4.90 Å². The van der Waals surface area contributed by atoms with Crippen molar-refractivity contribution in [2.45, 2.75) is 39.5 Å². The molecule has 5 nitrogen and oxygen atoms in total. The second kappa shape index (κ2) is 10.9. The van der Waals surface area contributed by atoms with Gasteiger partial charge >= 0.3 is 0 Å². The summed E-state index contributed by atoms with van der Waals surface area (Å²) in [5, 5.41) is 10.1. The topological polar surface area (TPSA) is 74.7 Å². The van der Waals surface area contributed by atoms with Gasteiger partial charge < -0.3 is 5.11 Å². The lowest BCUT2D eigenvalue weighted by Gasteiger charge is -2.32. The fourth-order valence-electron chi connectivity index (χ4n) is 4.40. The lowest BCUT2D eigenvalue weighted by atomic mass is 9.72. The molecule has 32 heavy (non-hydrogen) atoms. The minimum atomic E-state index is -0.333. The van der Waals surface area contributed by atoms with Gasteiger partial charge in [0.25, 0.3) is 5.91 Å². The van der Waals surface area contributed by atoms with Crippen LogP contribution < -0.4 is 0 Å². The smallest absolute Gasteiger partial charge is 0.256 e. The molecule has 2 amide bonds. The van der Waals surface area contributed by atoms with Crippen molar-refractivity contribution in [3.05, 3.63) is 77.4 Å². The molecule has 0 saturated heterocycles. The first-order valence-corrected chi connectivity index (χ1v) is 11.4. The van der Waals surface area contributed by atoms with Gasteiger partial charge in [-0.05, 0) is 24.5 Å². The maximum absolute atomic E-state index is 13.3. The van der Waals surface area contributed by atoms with Gasteiger partial charge in [-0.3, -0.25) is 19.3 Å². The maximum atomic E-state index is 13.3. The van der Waals surface area contributed by atoms with Crippen molar-refractivity contribution < 1.29 is 19.5 Å². The Hall–Kier alpha value is -3.21. The molecule has 0 saturated carbocycles. The number of carbonyl (C=O) groups excluding carboxylic acids is 3. The van der Waals surface area contributed by atoms with Crippen LogP contribution in [0.2, 0.25) is 0 Å². The van der Waals surface area contributed by atoms with Crippen molar-refractivity contribution in [2.75, 3.05) is 6.54 Å². The molecule has 0 aliphatic heterocycles. The molecular weight excluding hydrogens is 402 g/mol. The zero-order valence-electron chi connectivity index (χ0n) is 18.7. The molecule has 0 spiro atoms. The van der Waals surface area contributed by atoms with E-state index in [1.54, 1.807) is 30.4 Å². The van der Waals surface area contributed by atoms with Crippen LogP contribution in [0.1, 0.15) is 49.9 Å². The Balaban J connectivity index is 1.89. The van der Waals surface area contributed by atoms with Crippen LogP contribution in [0.4, 0.5) is 0 Å². The number of hydrogen-bond donors (Lipinski definition) is 1. The van der Waals surface area contributed by atoms with Crippen molar-refractivity contribution in [2.24, 2.45) is 17.8 Å². The average molecular weight is 434 g/mol. The van der Waals surface area contributed by atoms with Crippen LogP contribution in [0.15, 0.2) is 71.9 Å². The van der Waals surface area contributed by atoms with Gasteiger partial charge in [-0.2, -0.15) is 0 Å². The van der Waals surface area contributed by atoms with Crippen molar-refractivity contribution in [3.63, 3.8) is 0 Å². The third kappa shape index (κ3) is 4.98. The van der Waals surface area contributed by atoms with E-state index < -0.39 is 0 Å². The van der Waals surface area contributed by atoms with E-state index in [1.807, 2.05) is 24.3 Å². The van der Waals surface area contributed by atoms with Gasteiger partial charge in [0, 0.05) is 29.5 Å². The van der Waals surface area contributed by atoms with Crippen LogP contribution in [-0.2, 0) is 9.59 Å². The number of aromatic hydroxyl groups is 1. The maximum Gasteiger partial charge on any atom is 0.256 e. The van der Waals surface area contributed by atoms with Crippen molar-refractivity contribution in [3.8, 4) is 5.75 Å². The number of imide groups is 1. The highest BCUT2D eigenvalue weighted by molar-refractivity contribution is 6.12. The number of phenolic OH excluding ortho intramolecular Hbond substituents is 1. The molecule has 0 bridgehead atoms. The zero-order chi connectivity index (χ0) is 23.1. The van der Waals surface area contributed by atoms with Crippen LogP contribution in [0, 0.1) is 17.8 Å². The molecule has 2 aliphatic rings. The summed E-state index contributed by atoms with van der Waals surface area (Å²) in [4.78, 5) is 39.6. The Morgan fingerprint density at radius 1 is 1.06 bits per heavy atom. The lowest BCUT2D eigenvalue weighted by molar-refractivity contribution is -0.136. The predicted octanol–water partition coefficient (Wildman–Crippen LogP) is 5.00. The summed E-state index contributed by atoms with van der Waals surface area (Å²) in [6.45, 7) is 4.62. The van der Waals surface area contributed by atoms with Crippen LogP contribution in [0.25, 0.3) is 0 Å². The molecule has 2 aliphatic carbocycles. The number of amides is 2. The molecule has 1 aromatic rings. The molecular formula is C27H31NO4. The second-order valence-electron chi connectivity index (χ2n) is 8.39.